The summed E-state index contributed by atoms with van der Waals surface area (Å²) in [4.78, 5) is 0. The molecular weight excluding hydrogens is 146 g/mol. The molecule has 0 aromatic heterocycles. The minimum atomic E-state index is -0.0251. The Labute approximate surface area is 65.8 Å². The Hall–Kier alpha value is -0.530. The fourth-order valence-electron chi connectivity index (χ4n) is 0.789. The molecule has 1 atom stereocenters. The van der Waals surface area contributed by atoms with Crippen LogP contribution in [0.1, 0.15) is 11.6 Å². The Morgan fingerprint density at radius 2 is 1.90 bits per heavy atom. The molecule has 54 valence electrons. The van der Waals surface area contributed by atoms with Crippen molar-refractivity contribution in [3.8, 4) is 0 Å². The predicted octanol–water partition coefficient (Wildman–Crippen LogP) is 1.93. The average molecular weight is 156 g/mol. The lowest BCUT2D eigenvalue weighted by atomic mass is 10.1. The molecule has 0 saturated carbocycles. The van der Waals surface area contributed by atoms with Gasteiger partial charge in [0.15, 0.2) is 0 Å². The van der Waals surface area contributed by atoms with Crippen LogP contribution in [0.5, 0.6) is 0 Å². The first-order chi connectivity index (χ1) is 4.84. The van der Waals surface area contributed by atoms with Gasteiger partial charge in [-0.15, -0.1) is 11.6 Å². The molecule has 2 N–H and O–H groups in total. The summed E-state index contributed by atoms with van der Waals surface area (Å²) in [6.45, 7) is 0. The molecule has 0 aliphatic heterocycles. The lowest BCUT2D eigenvalue weighted by molar-refractivity contribution is 0.826. The van der Waals surface area contributed by atoms with E-state index >= 15 is 0 Å². The summed E-state index contributed by atoms with van der Waals surface area (Å²) in [6.07, 6.45) is 0. The normalized spacial score (nSPS) is 13.0. The van der Waals surface area contributed by atoms with E-state index in [1.807, 2.05) is 30.3 Å². The Morgan fingerprint density at radius 1 is 1.30 bits per heavy atom. The Bertz CT molecular complexity index is 186. The van der Waals surface area contributed by atoms with Gasteiger partial charge in [-0.05, 0) is 5.56 Å². The minimum absolute atomic E-state index is 0.0251. The van der Waals surface area contributed by atoms with E-state index in [1.165, 1.54) is 0 Å². The maximum absolute atomic E-state index is 5.66. The van der Waals surface area contributed by atoms with Crippen LogP contribution in [0.4, 0.5) is 0 Å². The van der Waals surface area contributed by atoms with Crippen molar-refractivity contribution < 1.29 is 0 Å². The highest BCUT2D eigenvalue weighted by Crippen LogP contribution is 2.09. The lowest BCUT2D eigenvalue weighted by Crippen LogP contribution is -2.10. The van der Waals surface area contributed by atoms with Crippen molar-refractivity contribution >= 4 is 11.6 Å². The van der Waals surface area contributed by atoms with Gasteiger partial charge in [0, 0.05) is 11.9 Å². The third kappa shape index (κ3) is 1.72. The van der Waals surface area contributed by atoms with Crippen molar-refractivity contribution in [2.75, 3.05) is 5.88 Å². The number of hydrogen-bond acceptors (Lipinski definition) is 1. The van der Waals surface area contributed by atoms with E-state index in [0.29, 0.717) is 5.88 Å². The van der Waals surface area contributed by atoms with Crippen molar-refractivity contribution in [3.63, 3.8) is 0 Å². The standard InChI is InChI=1S/C8H10ClN/c9-6-8(10)7-4-2-1-3-5-7/h1-5,8H,6,10H2/t8-/m1/s1. The van der Waals surface area contributed by atoms with Crippen LogP contribution in [0.2, 0.25) is 0 Å². The van der Waals surface area contributed by atoms with Crippen LogP contribution in [0.3, 0.4) is 0 Å². The van der Waals surface area contributed by atoms with Crippen molar-refractivity contribution in [1.82, 2.24) is 0 Å². The number of rotatable bonds is 2. The molecule has 0 fully saturated rings. The first kappa shape index (κ1) is 7.58. The second kappa shape index (κ2) is 3.59. The molecule has 0 saturated heterocycles. The van der Waals surface area contributed by atoms with Gasteiger partial charge in [0.25, 0.3) is 0 Å². The zero-order chi connectivity index (χ0) is 7.40. The van der Waals surface area contributed by atoms with E-state index in [4.69, 9.17) is 17.3 Å². The second-order valence-electron chi connectivity index (χ2n) is 2.17. The Morgan fingerprint density at radius 3 is 2.40 bits per heavy atom. The maximum atomic E-state index is 5.66. The molecule has 1 rings (SSSR count). The lowest BCUT2D eigenvalue weighted by Gasteiger charge is -2.05. The number of benzene rings is 1. The minimum Gasteiger partial charge on any atom is -0.323 e. The maximum Gasteiger partial charge on any atom is 0.0432 e. The molecule has 10 heavy (non-hydrogen) atoms. The molecule has 0 heterocycles. The van der Waals surface area contributed by atoms with Crippen LogP contribution in [0, 0.1) is 0 Å². The fourth-order valence-corrected chi connectivity index (χ4v) is 0.967. The van der Waals surface area contributed by atoms with Crippen molar-refractivity contribution in [3.05, 3.63) is 35.9 Å². The smallest absolute Gasteiger partial charge is 0.0432 e. The molecule has 0 aliphatic rings. The van der Waals surface area contributed by atoms with Crippen LogP contribution in [-0.4, -0.2) is 5.88 Å². The van der Waals surface area contributed by atoms with Gasteiger partial charge in [0.05, 0.1) is 0 Å². The van der Waals surface area contributed by atoms with Gasteiger partial charge < -0.3 is 5.73 Å². The molecule has 0 aliphatic carbocycles. The van der Waals surface area contributed by atoms with Crippen LogP contribution in [0.15, 0.2) is 30.3 Å². The van der Waals surface area contributed by atoms with Crippen LogP contribution in [0.25, 0.3) is 0 Å². The highest BCUT2D eigenvalue weighted by Gasteiger charge is 2.00. The highest BCUT2D eigenvalue weighted by molar-refractivity contribution is 6.18. The van der Waals surface area contributed by atoms with Crippen LogP contribution in [-0.2, 0) is 0 Å². The third-order valence-corrected chi connectivity index (χ3v) is 1.73. The molecule has 1 aromatic carbocycles. The van der Waals surface area contributed by atoms with Gasteiger partial charge in [-0.25, -0.2) is 0 Å². The first-order valence-electron chi connectivity index (χ1n) is 3.21. The number of halogens is 1. The topological polar surface area (TPSA) is 26.0 Å². The fraction of sp³-hybridized carbons (Fsp3) is 0.250. The summed E-state index contributed by atoms with van der Waals surface area (Å²) >= 11 is 5.56. The van der Waals surface area contributed by atoms with Gasteiger partial charge in [0.2, 0.25) is 0 Å². The first-order valence-corrected chi connectivity index (χ1v) is 3.74. The monoisotopic (exact) mass is 155 g/mol. The molecular formula is C8H10ClN. The average Bonchev–Trinajstić information content (AvgIpc) is 2.05. The van der Waals surface area contributed by atoms with E-state index in [-0.39, 0.29) is 6.04 Å². The Kier molecular flexibility index (Phi) is 2.72. The predicted molar refractivity (Wildman–Crippen MR) is 44.1 cm³/mol. The largest absolute Gasteiger partial charge is 0.323 e. The summed E-state index contributed by atoms with van der Waals surface area (Å²) in [5.74, 6) is 0.476. The molecule has 0 spiro atoms. The SMILES string of the molecule is N[C@H](CCl)c1ccccc1. The Balaban J connectivity index is 2.75. The number of nitrogens with two attached hydrogens (primary N) is 1. The third-order valence-electron chi connectivity index (χ3n) is 1.39. The quantitative estimate of drug-likeness (QED) is 0.649. The molecule has 0 radical (unpaired) electrons. The highest BCUT2D eigenvalue weighted by atomic mass is 35.5. The molecule has 0 unspecified atom stereocenters. The van der Waals surface area contributed by atoms with Gasteiger partial charge in [0.1, 0.15) is 0 Å². The van der Waals surface area contributed by atoms with Gasteiger partial charge in [-0.2, -0.15) is 0 Å². The summed E-state index contributed by atoms with van der Waals surface area (Å²) in [6, 6.07) is 9.82. The molecule has 2 heteroatoms. The second-order valence-corrected chi connectivity index (χ2v) is 2.48. The van der Waals surface area contributed by atoms with Crippen molar-refractivity contribution in [1.29, 1.82) is 0 Å². The molecule has 1 nitrogen and oxygen atoms in total. The van der Waals surface area contributed by atoms with E-state index in [1.54, 1.807) is 0 Å². The zero-order valence-electron chi connectivity index (χ0n) is 5.63. The van der Waals surface area contributed by atoms with Crippen molar-refractivity contribution in [2.45, 2.75) is 6.04 Å². The summed E-state index contributed by atoms with van der Waals surface area (Å²) in [7, 11) is 0. The molecule has 0 bridgehead atoms. The summed E-state index contributed by atoms with van der Waals surface area (Å²) < 4.78 is 0. The van der Waals surface area contributed by atoms with E-state index in [9.17, 15) is 0 Å². The van der Waals surface area contributed by atoms with Crippen LogP contribution < -0.4 is 5.73 Å². The van der Waals surface area contributed by atoms with E-state index < -0.39 is 0 Å². The summed E-state index contributed by atoms with van der Waals surface area (Å²) in [5, 5.41) is 0. The van der Waals surface area contributed by atoms with Gasteiger partial charge >= 0.3 is 0 Å². The van der Waals surface area contributed by atoms with Crippen LogP contribution >= 0.6 is 11.6 Å². The number of hydrogen-bond donors (Lipinski definition) is 1. The zero-order valence-corrected chi connectivity index (χ0v) is 6.38. The van der Waals surface area contributed by atoms with E-state index in [0.717, 1.165) is 5.56 Å². The van der Waals surface area contributed by atoms with Gasteiger partial charge in [-0.3, -0.25) is 0 Å². The molecule has 1 aromatic rings. The molecule has 0 amide bonds. The number of alkyl halides is 1. The van der Waals surface area contributed by atoms with Crippen molar-refractivity contribution in [2.24, 2.45) is 5.73 Å². The van der Waals surface area contributed by atoms with Gasteiger partial charge in [-0.1, -0.05) is 30.3 Å². The van der Waals surface area contributed by atoms with E-state index in [2.05, 4.69) is 0 Å². The summed E-state index contributed by atoms with van der Waals surface area (Å²) in [5.41, 5.74) is 6.76.